The Labute approximate surface area is 125 Å². The molecule has 0 amide bonds. The predicted molar refractivity (Wildman–Crippen MR) is 76.8 cm³/mol. The first kappa shape index (κ1) is 16.3. The van der Waals surface area contributed by atoms with E-state index in [9.17, 15) is 13.2 Å². The van der Waals surface area contributed by atoms with E-state index in [0.717, 1.165) is 14.5 Å². The van der Waals surface area contributed by atoms with E-state index < -0.39 is 5.51 Å². The van der Waals surface area contributed by atoms with Crippen LogP contribution in [-0.2, 0) is 0 Å². The first-order valence-corrected chi connectivity index (χ1v) is 7.76. The Balaban J connectivity index is 2.43. The van der Waals surface area contributed by atoms with Gasteiger partial charge in [0.05, 0.1) is 0 Å². The maximum atomic E-state index is 11.9. The molecule has 1 unspecified atom stereocenters. The Morgan fingerprint density at radius 2 is 2.00 bits per heavy atom. The van der Waals surface area contributed by atoms with Gasteiger partial charge in [-0.05, 0) is 36.4 Å². The van der Waals surface area contributed by atoms with Crippen LogP contribution in [0.5, 0.6) is 0 Å². The zero-order valence-corrected chi connectivity index (χ0v) is 13.5. The topological polar surface area (TPSA) is 12.0 Å². The third kappa shape index (κ3) is 5.95. The molecule has 1 N–H and O–H groups in total. The molecule has 102 valence electrons. The molecule has 0 aromatic heterocycles. The maximum absolute atomic E-state index is 11.9. The molecule has 1 aromatic carbocycles. The lowest BCUT2D eigenvalue weighted by Gasteiger charge is -2.16. The summed E-state index contributed by atoms with van der Waals surface area (Å²) in [6, 6.07) is 5.75. The van der Waals surface area contributed by atoms with Crippen molar-refractivity contribution in [2.75, 3.05) is 12.3 Å². The number of alkyl halides is 3. The molecule has 7 heteroatoms. The van der Waals surface area contributed by atoms with Crippen LogP contribution in [-0.4, -0.2) is 17.8 Å². The van der Waals surface area contributed by atoms with Crippen LogP contribution in [0, 0.1) is 0 Å². The Morgan fingerprint density at radius 3 is 2.56 bits per heavy atom. The van der Waals surface area contributed by atoms with Crippen molar-refractivity contribution in [2.45, 2.75) is 18.5 Å². The average molecular weight is 407 g/mol. The molecule has 1 aromatic rings. The van der Waals surface area contributed by atoms with E-state index in [-0.39, 0.29) is 23.6 Å². The van der Waals surface area contributed by atoms with Crippen molar-refractivity contribution < 1.29 is 13.2 Å². The molecule has 1 atom stereocenters. The molecule has 18 heavy (non-hydrogen) atoms. The standard InChI is InChI=1S/C11H12Br2F3NS/c1-7(17-4-5-18-11(14,15)16)9-3-2-8(12)6-10(9)13/h2-3,6-7,17H,4-5H2,1H3. The van der Waals surface area contributed by atoms with Crippen LogP contribution in [0.2, 0.25) is 0 Å². The average Bonchev–Trinajstić information content (AvgIpc) is 2.22. The van der Waals surface area contributed by atoms with Crippen molar-refractivity contribution in [1.82, 2.24) is 5.32 Å². The van der Waals surface area contributed by atoms with Gasteiger partial charge >= 0.3 is 5.51 Å². The Kier molecular flexibility index (Phi) is 6.50. The van der Waals surface area contributed by atoms with Crippen LogP contribution in [0.15, 0.2) is 27.1 Å². The molecule has 1 nitrogen and oxygen atoms in total. The van der Waals surface area contributed by atoms with E-state index in [0.29, 0.717) is 6.54 Å². The van der Waals surface area contributed by atoms with E-state index in [2.05, 4.69) is 37.2 Å². The van der Waals surface area contributed by atoms with Crippen LogP contribution in [0.3, 0.4) is 0 Å². The normalized spacial score (nSPS) is 13.7. The summed E-state index contributed by atoms with van der Waals surface area (Å²) in [5.41, 5.74) is -3.13. The molecule has 0 bridgehead atoms. The zero-order valence-electron chi connectivity index (χ0n) is 9.52. The summed E-state index contributed by atoms with van der Waals surface area (Å²) in [5, 5.41) is 3.07. The van der Waals surface area contributed by atoms with E-state index in [1.54, 1.807) is 0 Å². The largest absolute Gasteiger partial charge is 0.441 e. The molecule has 0 spiro atoms. The molecule has 0 aliphatic rings. The quantitative estimate of drug-likeness (QED) is 0.681. The smallest absolute Gasteiger partial charge is 0.309 e. The summed E-state index contributed by atoms with van der Waals surface area (Å²) < 4.78 is 37.7. The molecule has 1 rings (SSSR count). The summed E-state index contributed by atoms with van der Waals surface area (Å²) in [4.78, 5) is 0. The van der Waals surface area contributed by atoms with Crippen molar-refractivity contribution in [2.24, 2.45) is 0 Å². The number of thioether (sulfide) groups is 1. The van der Waals surface area contributed by atoms with E-state index in [4.69, 9.17) is 0 Å². The molecule has 0 saturated carbocycles. The van der Waals surface area contributed by atoms with Gasteiger partial charge in [0, 0.05) is 27.3 Å². The van der Waals surface area contributed by atoms with Gasteiger partial charge in [0.2, 0.25) is 0 Å². The summed E-state index contributed by atoms with van der Waals surface area (Å²) >= 11 is 6.78. The number of hydrogen-bond donors (Lipinski definition) is 1. The van der Waals surface area contributed by atoms with Gasteiger partial charge in [-0.3, -0.25) is 0 Å². The van der Waals surface area contributed by atoms with Crippen molar-refractivity contribution in [1.29, 1.82) is 0 Å². The zero-order chi connectivity index (χ0) is 13.8. The number of nitrogens with one attached hydrogen (secondary N) is 1. The molecule has 0 saturated heterocycles. The van der Waals surface area contributed by atoms with E-state index in [1.165, 1.54) is 0 Å². The second kappa shape index (κ2) is 7.17. The van der Waals surface area contributed by atoms with Crippen molar-refractivity contribution in [3.05, 3.63) is 32.7 Å². The predicted octanol–water partition coefficient (Wildman–Crippen LogP) is 5.12. The molecular weight excluding hydrogens is 395 g/mol. The SMILES string of the molecule is CC(NCCSC(F)(F)F)c1ccc(Br)cc1Br. The molecule has 0 fully saturated rings. The van der Waals surface area contributed by atoms with Crippen LogP contribution in [0.1, 0.15) is 18.5 Å². The van der Waals surface area contributed by atoms with Gasteiger partial charge in [0.25, 0.3) is 0 Å². The fourth-order valence-corrected chi connectivity index (χ4v) is 3.25. The molecule has 0 aliphatic heterocycles. The second-order valence-corrected chi connectivity index (χ2v) is 6.57. The van der Waals surface area contributed by atoms with E-state index >= 15 is 0 Å². The van der Waals surface area contributed by atoms with Crippen molar-refractivity contribution >= 4 is 43.6 Å². The Bertz CT molecular complexity index is 398. The second-order valence-electron chi connectivity index (χ2n) is 3.64. The van der Waals surface area contributed by atoms with Crippen LogP contribution in [0.4, 0.5) is 13.2 Å². The van der Waals surface area contributed by atoms with Gasteiger partial charge in [-0.1, -0.05) is 37.9 Å². The fourth-order valence-electron chi connectivity index (χ4n) is 1.40. The Morgan fingerprint density at radius 1 is 1.33 bits per heavy atom. The van der Waals surface area contributed by atoms with Gasteiger partial charge in [0.1, 0.15) is 0 Å². The minimum absolute atomic E-state index is 0.00121. The van der Waals surface area contributed by atoms with Gasteiger partial charge in [-0.2, -0.15) is 13.2 Å². The molecule has 0 heterocycles. The lowest BCUT2D eigenvalue weighted by molar-refractivity contribution is -0.0327. The maximum Gasteiger partial charge on any atom is 0.441 e. The number of benzene rings is 1. The van der Waals surface area contributed by atoms with Gasteiger partial charge in [-0.15, -0.1) is 0 Å². The first-order valence-electron chi connectivity index (χ1n) is 5.18. The minimum Gasteiger partial charge on any atom is -0.309 e. The highest BCUT2D eigenvalue weighted by molar-refractivity contribution is 9.11. The van der Waals surface area contributed by atoms with E-state index in [1.807, 2.05) is 25.1 Å². The highest BCUT2D eigenvalue weighted by Crippen LogP contribution is 2.30. The summed E-state index contributed by atoms with van der Waals surface area (Å²) in [6.07, 6.45) is 0. The summed E-state index contributed by atoms with van der Waals surface area (Å²) in [7, 11) is 0. The van der Waals surface area contributed by atoms with Crippen molar-refractivity contribution in [3.8, 4) is 0 Å². The highest BCUT2D eigenvalue weighted by Gasteiger charge is 2.27. The van der Waals surface area contributed by atoms with Crippen LogP contribution < -0.4 is 5.32 Å². The highest BCUT2D eigenvalue weighted by atomic mass is 79.9. The Hall–Kier alpha value is 0.280. The number of rotatable bonds is 5. The number of halogens is 5. The lowest BCUT2D eigenvalue weighted by atomic mass is 10.1. The minimum atomic E-state index is -4.15. The number of hydrogen-bond acceptors (Lipinski definition) is 2. The third-order valence-corrected chi connectivity index (χ3v) is 4.16. The third-order valence-electron chi connectivity index (χ3n) is 2.25. The molecule has 0 aliphatic carbocycles. The van der Waals surface area contributed by atoms with Gasteiger partial charge < -0.3 is 5.32 Å². The van der Waals surface area contributed by atoms with Gasteiger partial charge in [0.15, 0.2) is 0 Å². The van der Waals surface area contributed by atoms with Gasteiger partial charge in [-0.25, -0.2) is 0 Å². The summed E-state index contributed by atoms with van der Waals surface area (Å²) in [5.74, 6) is 0.0159. The lowest BCUT2D eigenvalue weighted by Crippen LogP contribution is -2.22. The summed E-state index contributed by atoms with van der Waals surface area (Å²) in [6.45, 7) is 2.24. The first-order chi connectivity index (χ1) is 8.29. The van der Waals surface area contributed by atoms with Crippen LogP contribution in [0.25, 0.3) is 0 Å². The monoisotopic (exact) mass is 405 g/mol. The molecular formula is C11H12Br2F3NS. The fraction of sp³-hybridized carbons (Fsp3) is 0.455. The van der Waals surface area contributed by atoms with Crippen LogP contribution >= 0.6 is 43.6 Å². The van der Waals surface area contributed by atoms with Crippen molar-refractivity contribution in [3.63, 3.8) is 0 Å². The molecule has 0 radical (unpaired) electrons.